The van der Waals surface area contributed by atoms with Crippen molar-refractivity contribution in [2.75, 3.05) is 20.7 Å². The molecule has 0 aliphatic heterocycles. The Morgan fingerprint density at radius 2 is 2.16 bits per heavy atom. The van der Waals surface area contributed by atoms with Crippen LogP contribution < -0.4 is 0 Å². The minimum absolute atomic E-state index is 0.338. The molecule has 0 atom stereocenters. The van der Waals surface area contributed by atoms with E-state index in [9.17, 15) is 4.79 Å². The molecular formula is C14H16N2O2S. The van der Waals surface area contributed by atoms with Crippen molar-refractivity contribution in [3.8, 4) is 0 Å². The third-order valence-corrected chi connectivity index (χ3v) is 3.48. The Kier molecular flexibility index (Phi) is 4.16. The fourth-order valence-corrected chi connectivity index (χ4v) is 2.61. The molecule has 0 fully saturated rings. The summed E-state index contributed by atoms with van der Waals surface area (Å²) in [5.74, 6) is -0.338. The van der Waals surface area contributed by atoms with E-state index in [4.69, 9.17) is 4.74 Å². The number of aromatic nitrogens is 1. The zero-order valence-corrected chi connectivity index (χ0v) is 12.0. The van der Waals surface area contributed by atoms with Gasteiger partial charge in [-0.15, -0.1) is 11.3 Å². The molecule has 5 heteroatoms. The molecule has 0 unspecified atom stereocenters. The third-order valence-electron chi connectivity index (χ3n) is 2.41. The summed E-state index contributed by atoms with van der Waals surface area (Å²) in [6, 6.07) is 7.83. The maximum Gasteiger partial charge on any atom is 0.342 e. The summed E-state index contributed by atoms with van der Waals surface area (Å²) < 4.78 is 6.15. The number of esters is 1. The molecule has 1 heterocycles. The molecule has 4 nitrogen and oxygen atoms in total. The number of ether oxygens (including phenoxy) is 1. The molecule has 0 bridgehead atoms. The van der Waals surface area contributed by atoms with Gasteiger partial charge in [-0.2, -0.15) is 0 Å². The molecule has 1 aromatic heterocycles. The van der Waals surface area contributed by atoms with E-state index in [0.29, 0.717) is 17.2 Å². The first kappa shape index (κ1) is 13.5. The van der Waals surface area contributed by atoms with E-state index < -0.39 is 0 Å². The van der Waals surface area contributed by atoms with Crippen LogP contribution >= 0.6 is 11.3 Å². The molecule has 0 aliphatic carbocycles. The van der Waals surface area contributed by atoms with Crippen LogP contribution in [0.25, 0.3) is 15.8 Å². The zero-order valence-electron chi connectivity index (χ0n) is 11.2. The summed E-state index contributed by atoms with van der Waals surface area (Å²) in [4.78, 5) is 18.3. The Morgan fingerprint density at radius 3 is 2.79 bits per heavy atom. The van der Waals surface area contributed by atoms with Crippen LogP contribution in [0.15, 0.2) is 30.5 Å². The van der Waals surface area contributed by atoms with Crippen LogP contribution in [0.1, 0.15) is 11.9 Å². The lowest BCUT2D eigenvalue weighted by molar-refractivity contribution is -0.136. The van der Waals surface area contributed by atoms with Gasteiger partial charge in [-0.05, 0) is 19.1 Å². The summed E-state index contributed by atoms with van der Waals surface area (Å²) in [7, 11) is 3.74. The van der Waals surface area contributed by atoms with E-state index in [2.05, 4.69) is 4.98 Å². The molecule has 0 amide bonds. The molecular weight excluding hydrogens is 260 g/mol. The van der Waals surface area contributed by atoms with Gasteiger partial charge in [-0.3, -0.25) is 0 Å². The Hall–Kier alpha value is -1.88. The maximum absolute atomic E-state index is 12.0. The first-order valence-corrected chi connectivity index (χ1v) is 6.84. The van der Waals surface area contributed by atoms with Gasteiger partial charge in [0.15, 0.2) is 0 Å². The second kappa shape index (κ2) is 5.84. The Labute approximate surface area is 116 Å². The van der Waals surface area contributed by atoms with E-state index in [0.717, 1.165) is 10.2 Å². The lowest BCUT2D eigenvalue weighted by Crippen LogP contribution is -2.11. The fourth-order valence-electron chi connectivity index (χ4n) is 1.65. The van der Waals surface area contributed by atoms with Crippen molar-refractivity contribution in [3.63, 3.8) is 0 Å². The molecule has 2 rings (SSSR count). The zero-order chi connectivity index (χ0) is 13.8. The molecule has 0 radical (unpaired) electrons. The Morgan fingerprint density at radius 1 is 1.42 bits per heavy atom. The molecule has 0 aliphatic rings. The van der Waals surface area contributed by atoms with Gasteiger partial charge in [-0.25, -0.2) is 9.78 Å². The molecule has 0 N–H and O–H groups in total. The first-order chi connectivity index (χ1) is 9.11. The summed E-state index contributed by atoms with van der Waals surface area (Å²) in [6.45, 7) is 2.15. The number of hydrogen-bond acceptors (Lipinski definition) is 5. The highest BCUT2D eigenvalue weighted by Gasteiger charge is 2.18. The number of carbonyl (C=O) groups excluding carboxylic acids is 1. The number of rotatable bonds is 4. The minimum atomic E-state index is -0.338. The van der Waals surface area contributed by atoms with Gasteiger partial charge in [0.05, 0.1) is 16.8 Å². The number of fused-ring (bicyclic) bond motifs is 1. The molecule has 100 valence electrons. The number of thiazole rings is 1. The van der Waals surface area contributed by atoms with Crippen LogP contribution in [0.4, 0.5) is 0 Å². The quantitative estimate of drug-likeness (QED) is 0.636. The van der Waals surface area contributed by atoms with Crippen molar-refractivity contribution in [2.24, 2.45) is 0 Å². The fraction of sp³-hybridized carbons (Fsp3) is 0.286. The van der Waals surface area contributed by atoms with Gasteiger partial charge in [-0.1, -0.05) is 12.1 Å². The van der Waals surface area contributed by atoms with Crippen LogP contribution in [0, 0.1) is 0 Å². The molecule has 1 aromatic carbocycles. The maximum atomic E-state index is 12.0. The van der Waals surface area contributed by atoms with E-state index in [1.807, 2.05) is 43.3 Å². The predicted molar refractivity (Wildman–Crippen MR) is 77.9 cm³/mol. The molecule has 0 saturated heterocycles. The predicted octanol–water partition coefficient (Wildman–Crippen LogP) is 2.76. The van der Waals surface area contributed by atoms with Gasteiger partial charge >= 0.3 is 5.97 Å². The monoisotopic (exact) mass is 276 g/mol. The standard InChI is InChI=1S/C14H16N2O2S/c1-4-18-14(17)10(9-16(2)3)13-15-11-7-5-6-8-12(11)19-13/h5-9H,4H2,1-3H3/b10-9-. The van der Waals surface area contributed by atoms with Crippen LogP contribution in [0.5, 0.6) is 0 Å². The number of benzene rings is 1. The summed E-state index contributed by atoms with van der Waals surface area (Å²) in [6.07, 6.45) is 1.75. The van der Waals surface area contributed by atoms with Gasteiger partial charge < -0.3 is 9.64 Å². The molecule has 0 saturated carbocycles. The minimum Gasteiger partial charge on any atom is -0.462 e. The molecule has 19 heavy (non-hydrogen) atoms. The van der Waals surface area contributed by atoms with Crippen molar-refractivity contribution < 1.29 is 9.53 Å². The van der Waals surface area contributed by atoms with Crippen LogP contribution in [-0.2, 0) is 9.53 Å². The highest BCUT2D eigenvalue weighted by Crippen LogP contribution is 2.27. The Bertz CT molecular complexity index is 584. The lowest BCUT2D eigenvalue weighted by Gasteiger charge is -2.09. The van der Waals surface area contributed by atoms with Crippen molar-refractivity contribution in [1.29, 1.82) is 0 Å². The second-order valence-corrected chi connectivity index (χ2v) is 5.24. The smallest absolute Gasteiger partial charge is 0.342 e. The van der Waals surface area contributed by atoms with Crippen molar-refractivity contribution in [3.05, 3.63) is 35.5 Å². The average molecular weight is 276 g/mol. The topological polar surface area (TPSA) is 42.4 Å². The number of para-hydroxylation sites is 1. The molecule has 2 aromatic rings. The average Bonchev–Trinajstić information content (AvgIpc) is 2.79. The van der Waals surface area contributed by atoms with Gasteiger partial charge in [0, 0.05) is 20.3 Å². The first-order valence-electron chi connectivity index (χ1n) is 6.03. The number of hydrogen-bond donors (Lipinski definition) is 0. The second-order valence-electron chi connectivity index (χ2n) is 4.21. The summed E-state index contributed by atoms with van der Waals surface area (Å²) in [5.41, 5.74) is 1.39. The van der Waals surface area contributed by atoms with E-state index >= 15 is 0 Å². The van der Waals surface area contributed by atoms with E-state index in [1.165, 1.54) is 11.3 Å². The summed E-state index contributed by atoms with van der Waals surface area (Å²) in [5, 5.41) is 0.688. The van der Waals surface area contributed by atoms with Gasteiger partial charge in [0.2, 0.25) is 0 Å². The largest absolute Gasteiger partial charge is 0.462 e. The summed E-state index contributed by atoms with van der Waals surface area (Å²) >= 11 is 1.49. The normalized spacial score (nSPS) is 11.6. The van der Waals surface area contributed by atoms with Crippen LogP contribution in [0.2, 0.25) is 0 Å². The van der Waals surface area contributed by atoms with E-state index in [1.54, 1.807) is 13.1 Å². The van der Waals surface area contributed by atoms with Crippen molar-refractivity contribution >= 4 is 33.1 Å². The Balaban J connectivity index is 2.45. The van der Waals surface area contributed by atoms with Crippen molar-refractivity contribution in [1.82, 2.24) is 9.88 Å². The SMILES string of the molecule is CCOC(=O)/C(=C\N(C)C)c1nc2ccccc2s1. The highest BCUT2D eigenvalue weighted by atomic mass is 32.1. The number of carbonyl (C=O) groups is 1. The van der Waals surface area contributed by atoms with Crippen LogP contribution in [-0.4, -0.2) is 36.6 Å². The highest BCUT2D eigenvalue weighted by molar-refractivity contribution is 7.19. The number of nitrogens with zero attached hydrogens (tertiary/aromatic N) is 2. The third kappa shape index (κ3) is 3.12. The van der Waals surface area contributed by atoms with Crippen LogP contribution in [0.3, 0.4) is 0 Å². The van der Waals surface area contributed by atoms with Crippen molar-refractivity contribution in [2.45, 2.75) is 6.92 Å². The lowest BCUT2D eigenvalue weighted by atomic mass is 10.3. The molecule has 0 spiro atoms. The van der Waals surface area contributed by atoms with Gasteiger partial charge in [0.25, 0.3) is 0 Å². The van der Waals surface area contributed by atoms with Gasteiger partial charge in [0.1, 0.15) is 10.6 Å². The van der Waals surface area contributed by atoms with E-state index in [-0.39, 0.29) is 5.97 Å².